The molecule has 27 heteroatoms. The topological polar surface area (TPSA) is 334 Å². The van der Waals surface area contributed by atoms with Gasteiger partial charge in [0, 0.05) is 104 Å². The highest BCUT2D eigenvalue weighted by atomic mass is 16.6. The Kier molecular flexibility index (Phi) is 75.8. The predicted octanol–water partition coefficient (Wildman–Crippen LogP) is 20.8. The summed E-state index contributed by atoms with van der Waals surface area (Å²) < 4.78 is 62.1. The van der Waals surface area contributed by atoms with Crippen molar-refractivity contribution in [3.05, 3.63) is 33.4 Å². The number of ether oxygens (including phenoxy) is 11. The van der Waals surface area contributed by atoms with Gasteiger partial charge in [0.1, 0.15) is 12.1 Å². The van der Waals surface area contributed by atoms with Crippen molar-refractivity contribution in [3.8, 4) is 0 Å². The zero-order valence-corrected chi connectivity index (χ0v) is 94.2. The standard InChI is InChI=1S/C116H214N8O19/c1-90(2)34-23-38-96(8)88-110(129)123-104(45-19-21-58-119-108(127)86-94(6)39-24-35-91(3)47-50-101-98(10)42-27-55-114(101,13)14)112(131)121-62-32-66-135-72-78-139-76-70-133-64-30-60-117-106(125)53-68-137-74-80-141-82-84-143-85-83-142-81-75-138-69-54-107(126)118-61-31-65-134-71-77-140-79-73-136-67-33-63-122-113(132)105(124-111(130)89-97(9)41-26-37-93(5)49-52-103-100(12)44-29-57-116(103,17)18)46-20-22-59-120-109(128)87-95(7)40-25-36-92(4)48-51-102-99(11)43-28-56-115(102,15)16/h90-97,104-105H,19-89H2,1-18H3,(H,117,125)(H,118,126)(H,119,127)(H,120,128)(H,121,131)(H,122,132)(H,123,129)(H,124,130)/t91?,92?,93?,94?,95?,96?,97?,104-,105-/m0/s1. The summed E-state index contributed by atoms with van der Waals surface area (Å²) in [7, 11) is 0. The van der Waals surface area contributed by atoms with E-state index in [0.29, 0.717) is 300 Å². The maximum atomic E-state index is 13.7. The Morgan fingerprint density at radius 2 is 0.476 bits per heavy atom. The lowest BCUT2D eigenvalue weighted by Gasteiger charge is -2.35. The van der Waals surface area contributed by atoms with Crippen molar-refractivity contribution >= 4 is 47.3 Å². The van der Waals surface area contributed by atoms with Crippen molar-refractivity contribution in [2.24, 2.45) is 63.6 Å². The molecule has 143 heavy (non-hydrogen) atoms. The van der Waals surface area contributed by atoms with E-state index in [0.717, 1.165) is 77.0 Å². The van der Waals surface area contributed by atoms with Gasteiger partial charge in [0.05, 0.1) is 119 Å². The molecule has 0 saturated heterocycles. The van der Waals surface area contributed by atoms with E-state index in [4.69, 9.17) is 52.1 Å². The van der Waals surface area contributed by atoms with Gasteiger partial charge in [-0.15, -0.1) is 0 Å². The van der Waals surface area contributed by atoms with Gasteiger partial charge in [0.15, 0.2) is 0 Å². The highest BCUT2D eigenvalue weighted by molar-refractivity contribution is 5.88. The van der Waals surface area contributed by atoms with Gasteiger partial charge in [-0.25, -0.2) is 0 Å². The molecule has 0 spiro atoms. The predicted molar refractivity (Wildman–Crippen MR) is 578 cm³/mol. The van der Waals surface area contributed by atoms with Crippen molar-refractivity contribution in [2.45, 2.75) is 413 Å². The van der Waals surface area contributed by atoms with E-state index >= 15 is 0 Å². The molecule has 0 aromatic rings. The number of amides is 8. The lowest BCUT2D eigenvalue weighted by atomic mass is 9.70. The van der Waals surface area contributed by atoms with E-state index in [1.54, 1.807) is 33.4 Å². The maximum Gasteiger partial charge on any atom is 0.242 e. The van der Waals surface area contributed by atoms with Crippen LogP contribution in [0, 0.1) is 63.6 Å². The molecule has 8 N–H and O–H groups in total. The Labute approximate surface area is 870 Å². The fraction of sp³-hybridized carbons (Fsp3) is 0.879. The zero-order valence-electron chi connectivity index (χ0n) is 94.2. The van der Waals surface area contributed by atoms with Crippen LogP contribution in [0.25, 0.3) is 0 Å². The minimum absolute atomic E-state index is 0.0781. The molecular weight excluding hydrogens is 1810 g/mol. The molecule has 9 atom stereocenters. The van der Waals surface area contributed by atoms with Crippen molar-refractivity contribution in [1.82, 2.24) is 42.5 Å². The van der Waals surface area contributed by atoms with Crippen molar-refractivity contribution in [2.75, 3.05) is 185 Å². The Hall–Kier alpha value is -5.46. The summed E-state index contributed by atoms with van der Waals surface area (Å²) in [6.45, 7) is 53.4. The second-order valence-electron chi connectivity index (χ2n) is 45.1. The van der Waals surface area contributed by atoms with Gasteiger partial charge in [-0.3, -0.25) is 38.4 Å². The van der Waals surface area contributed by atoms with Crippen LogP contribution in [0.4, 0.5) is 0 Å². The highest BCUT2D eigenvalue weighted by Crippen LogP contribution is 2.46. The Bertz CT molecular complexity index is 3460. The fourth-order valence-electron chi connectivity index (χ4n) is 20.3. The summed E-state index contributed by atoms with van der Waals surface area (Å²) in [5.74, 6) is 3.08. The van der Waals surface area contributed by atoms with Crippen LogP contribution in [0.2, 0.25) is 0 Å². The number of hydrogen-bond donors (Lipinski definition) is 8. The van der Waals surface area contributed by atoms with E-state index in [1.807, 2.05) is 0 Å². The fourth-order valence-corrected chi connectivity index (χ4v) is 20.3. The molecule has 27 nitrogen and oxygen atoms in total. The molecule has 0 bridgehead atoms. The van der Waals surface area contributed by atoms with Crippen molar-refractivity contribution in [3.63, 3.8) is 0 Å². The third-order valence-corrected chi connectivity index (χ3v) is 29.3. The van der Waals surface area contributed by atoms with E-state index in [9.17, 15) is 38.4 Å². The quantitative estimate of drug-likeness (QED) is 0.0207. The van der Waals surface area contributed by atoms with Crippen LogP contribution in [-0.4, -0.2) is 244 Å². The third kappa shape index (κ3) is 69.5. The maximum absolute atomic E-state index is 13.7. The van der Waals surface area contributed by atoms with Gasteiger partial charge in [-0.05, 0) is 245 Å². The Morgan fingerprint density at radius 1 is 0.245 bits per heavy atom. The molecule has 3 aliphatic carbocycles. The van der Waals surface area contributed by atoms with Gasteiger partial charge in [-0.1, -0.05) is 214 Å². The number of unbranched alkanes of at least 4 members (excludes halogenated alkanes) is 2. The molecule has 832 valence electrons. The summed E-state index contributed by atoms with van der Waals surface area (Å²) in [5, 5.41) is 24.2. The number of hydrogen-bond acceptors (Lipinski definition) is 19. The molecule has 7 unspecified atom stereocenters. The smallest absolute Gasteiger partial charge is 0.242 e. The van der Waals surface area contributed by atoms with Gasteiger partial charge < -0.3 is 94.6 Å². The Morgan fingerprint density at radius 3 is 0.748 bits per heavy atom. The first-order chi connectivity index (χ1) is 68.6. The van der Waals surface area contributed by atoms with E-state index < -0.39 is 12.1 Å². The molecule has 0 aliphatic heterocycles. The van der Waals surface area contributed by atoms with Crippen LogP contribution in [-0.2, 0) is 90.5 Å². The number of nitrogens with one attached hydrogen (secondary N) is 8. The van der Waals surface area contributed by atoms with E-state index in [2.05, 4.69) is 167 Å². The van der Waals surface area contributed by atoms with Crippen molar-refractivity contribution < 1.29 is 90.5 Å². The molecule has 0 radical (unpaired) electrons. The summed E-state index contributed by atoms with van der Waals surface area (Å²) in [6, 6.07) is -1.31. The molecule has 0 aromatic carbocycles. The summed E-state index contributed by atoms with van der Waals surface area (Å²) >= 11 is 0. The van der Waals surface area contributed by atoms with Gasteiger partial charge in [-0.2, -0.15) is 0 Å². The number of carbonyl (C=O) groups excluding carboxylic acids is 8. The minimum Gasteiger partial charge on any atom is -0.379 e. The molecule has 3 aliphatic rings. The summed E-state index contributed by atoms with van der Waals surface area (Å²) in [5.41, 5.74) is 10.8. The average Bonchev–Trinajstić information content (AvgIpc) is 0.828. The molecular formula is C116H214N8O19. The lowest BCUT2D eigenvalue weighted by molar-refractivity contribution is -0.129. The molecule has 8 amide bonds. The molecule has 3 rings (SSSR count). The van der Waals surface area contributed by atoms with Crippen LogP contribution in [0.3, 0.4) is 0 Å². The van der Waals surface area contributed by atoms with E-state index in [1.165, 1.54) is 109 Å². The van der Waals surface area contributed by atoms with Crippen LogP contribution in [0.1, 0.15) is 401 Å². The van der Waals surface area contributed by atoms with Crippen LogP contribution in [0.5, 0.6) is 0 Å². The van der Waals surface area contributed by atoms with Crippen molar-refractivity contribution in [1.29, 1.82) is 0 Å². The average molecular weight is 2030 g/mol. The summed E-state index contributed by atoms with van der Waals surface area (Å²) in [4.78, 5) is 104. The summed E-state index contributed by atoms with van der Waals surface area (Å²) in [6.07, 6.45) is 40.6. The number of allylic oxidation sites excluding steroid dienone is 6. The first-order valence-corrected chi connectivity index (χ1v) is 57.2. The second-order valence-corrected chi connectivity index (χ2v) is 45.1. The first kappa shape index (κ1) is 132. The second kappa shape index (κ2) is 82.3. The molecule has 0 heterocycles. The monoisotopic (exact) mass is 2020 g/mol. The Balaban J connectivity index is 1.10. The SMILES string of the molecule is CC1=C(CCC(C)CCCC(C)CC(=O)NCCCC[C@H](NC(=O)CC(C)CCCC(C)C)C(=O)NCCCOCCOCCOCCCNC(=O)CCOCCOCCOCCOCCOCCC(=O)NCCCOCCOCCOCCCNC(=O)[C@H](CCCCNC(=O)CC(C)CCCC(C)CCC2=C(C)CCCC2(C)C)NC(=O)CC(C)CCCC(C)CCC2=C(C)CCCC2(C)C)C(C)(C)CCC1. The largest absolute Gasteiger partial charge is 0.379 e. The molecule has 0 saturated carbocycles. The lowest BCUT2D eigenvalue weighted by Crippen LogP contribution is -2.47. The molecule has 0 aromatic heterocycles. The zero-order chi connectivity index (χ0) is 105. The normalized spacial score (nSPS) is 16.7. The van der Waals surface area contributed by atoms with Crippen LogP contribution < -0.4 is 42.5 Å². The minimum atomic E-state index is -0.660. The molecule has 0 fully saturated rings. The van der Waals surface area contributed by atoms with Crippen LogP contribution in [0.15, 0.2) is 33.4 Å². The van der Waals surface area contributed by atoms with Gasteiger partial charge in [0.25, 0.3) is 0 Å². The number of carbonyl (C=O) groups is 8. The van der Waals surface area contributed by atoms with Gasteiger partial charge in [0.2, 0.25) is 47.3 Å². The number of rotatable bonds is 93. The highest BCUT2D eigenvalue weighted by Gasteiger charge is 2.33. The third-order valence-electron chi connectivity index (χ3n) is 29.3. The van der Waals surface area contributed by atoms with E-state index in [-0.39, 0.29) is 85.1 Å². The van der Waals surface area contributed by atoms with Gasteiger partial charge >= 0.3 is 0 Å². The van der Waals surface area contributed by atoms with Crippen LogP contribution >= 0.6 is 0 Å². The first-order valence-electron chi connectivity index (χ1n) is 57.2.